The summed E-state index contributed by atoms with van der Waals surface area (Å²) in [4.78, 5) is 10.0. The molecule has 0 fully saturated rings. The number of rotatable bonds is 6. The van der Waals surface area contributed by atoms with Gasteiger partial charge in [-0.25, -0.2) is 0 Å². The Morgan fingerprint density at radius 1 is 1.33 bits per heavy atom. The fourth-order valence-electron chi connectivity index (χ4n) is 0.829. The fourth-order valence-corrected chi connectivity index (χ4v) is 1.29. The third-order valence-corrected chi connectivity index (χ3v) is 2.62. The molecule has 0 saturated carbocycles. The van der Waals surface area contributed by atoms with E-state index in [2.05, 4.69) is 15.9 Å². The van der Waals surface area contributed by atoms with Gasteiger partial charge in [-0.05, 0) is 6.42 Å². The maximum Gasteiger partial charge on any atom is 0.276 e. The van der Waals surface area contributed by atoms with Crippen molar-refractivity contribution in [2.45, 2.75) is 23.7 Å². The summed E-state index contributed by atoms with van der Waals surface area (Å²) in [5.74, 6) is 0. The number of halogens is 1. The van der Waals surface area contributed by atoms with E-state index in [0.717, 1.165) is 0 Å². The Kier molecular flexibility index (Phi) is 5.36. The lowest BCUT2D eigenvalue weighted by Crippen LogP contribution is -2.32. The second kappa shape index (κ2) is 5.45. The summed E-state index contributed by atoms with van der Waals surface area (Å²) in [6.45, 7) is -0.315. The van der Waals surface area contributed by atoms with Crippen LogP contribution < -0.4 is 0 Å². The number of hydrogen-bond donors (Lipinski definition) is 2. The average molecular weight is 242 g/mol. The highest BCUT2D eigenvalue weighted by molar-refractivity contribution is 9.10. The maximum absolute atomic E-state index is 10.5. The summed E-state index contributed by atoms with van der Waals surface area (Å²) in [5, 5.41) is 27.5. The molecule has 0 aliphatic carbocycles. The summed E-state index contributed by atoms with van der Waals surface area (Å²) < 4.78 is -1.27. The Morgan fingerprint density at radius 3 is 2.25 bits per heavy atom. The van der Waals surface area contributed by atoms with Gasteiger partial charge < -0.3 is 10.2 Å². The number of nitro groups is 1. The quantitative estimate of drug-likeness (QED) is 0.307. The molecule has 0 aromatic heterocycles. The second-order valence-electron chi connectivity index (χ2n) is 2.48. The SMILES string of the molecule is O=[N+]([O-])C(Br)(CCO)CCCO. The van der Waals surface area contributed by atoms with E-state index < -0.39 is 9.37 Å². The summed E-state index contributed by atoms with van der Waals surface area (Å²) in [5.41, 5.74) is 0. The van der Waals surface area contributed by atoms with E-state index in [1.165, 1.54) is 0 Å². The number of hydrogen-bond acceptors (Lipinski definition) is 4. The maximum atomic E-state index is 10.5. The normalized spacial score (nSPS) is 15.6. The van der Waals surface area contributed by atoms with Crippen molar-refractivity contribution in [1.29, 1.82) is 0 Å². The van der Waals surface area contributed by atoms with Crippen molar-refractivity contribution >= 4 is 15.9 Å². The molecule has 5 nitrogen and oxygen atoms in total. The zero-order chi connectivity index (χ0) is 9.61. The lowest BCUT2D eigenvalue weighted by Gasteiger charge is -2.16. The Balaban J connectivity index is 4.08. The topological polar surface area (TPSA) is 83.6 Å². The van der Waals surface area contributed by atoms with E-state index in [4.69, 9.17) is 10.2 Å². The number of nitrogens with zero attached hydrogens (tertiary/aromatic N) is 1. The zero-order valence-electron chi connectivity index (χ0n) is 6.57. The summed E-state index contributed by atoms with van der Waals surface area (Å²) >= 11 is 2.94. The molecule has 0 saturated heterocycles. The van der Waals surface area contributed by atoms with Crippen LogP contribution in [-0.2, 0) is 0 Å². The molecule has 0 bridgehead atoms. The molecule has 72 valence electrons. The Hall–Kier alpha value is -0.200. The molecule has 0 heterocycles. The van der Waals surface area contributed by atoms with E-state index in [1.54, 1.807) is 0 Å². The monoisotopic (exact) mass is 241 g/mol. The lowest BCUT2D eigenvalue weighted by molar-refractivity contribution is -0.538. The highest BCUT2D eigenvalue weighted by atomic mass is 79.9. The first-order chi connectivity index (χ1) is 5.56. The van der Waals surface area contributed by atoms with Gasteiger partial charge in [0.15, 0.2) is 0 Å². The molecule has 6 heteroatoms. The molecule has 0 spiro atoms. The van der Waals surface area contributed by atoms with Crippen LogP contribution in [0.1, 0.15) is 19.3 Å². The van der Waals surface area contributed by atoms with Crippen molar-refractivity contribution in [3.05, 3.63) is 10.1 Å². The minimum atomic E-state index is -1.27. The van der Waals surface area contributed by atoms with Crippen LogP contribution in [0.25, 0.3) is 0 Å². The van der Waals surface area contributed by atoms with E-state index in [0.29, 0.717) is 6.42 Å². The van der Waals surface area contributed by atoms with Crippen LogP contribution in [0.3, 0.4) is 0 Å². The summed E-state index contributed by atoms with van der Waals surface area (Å²) in [7, 11) is 0. The average Bonchev–Trinajstić information content (AvgIpc) is 2.01. The predicted octanol–water partition coefficient (Wildman–Crippen LogP) is 0.509. The molecule has 0 aliphatic heterocycles. The molecule has 0 rings (SSSR count). The molecule has 0 aromatic carbocycles. The van der Waals surface area contributed by atoms with Crippen molar-refractivity contribution in [2.75, 3.05) is 13.2 Å². The van der Waals surface area contributed by atoms with Crippen LogP contribution in [-0.4, -0.2) is 32.8 Å². The first-order valence-electron chi connectivity index (χ1n) is 3.62. The van der Waals surface area contributed by atoms with E-state index >= 15 is 0 Å². The first kappa shape index (κ1) is 11.8. The molecule has 1 atom stereocenters. The Morgan fingerprint density at radius 2 is 1.92 bits per heavy atom. The van der Waals surface area contributed by atoms with E-state index in [-0.39, 0.29) is 26.1 Å². The standard InChI is InChI=1S/C6H12BrNO4/c7-6(3-5-10,8(11)12)2-1-4-9/h9-10H,1-5H2. The van der Waals surface area contributed by atoms with Gasteiger partial charge >= 0.3 is 0 Å². The van der Waals surface area contributed by atoms with Crippen molar-refractivity contribution < 1.29 is 15.1 Å². The Labute approximate surface area is 78.7 Å². The highest BCUT2D eigenvalue weighted by Gasteiger charge is 2.38. The second-order valence-corrected chi connectivity index (χ2v) is 3.95. The molecule has 2 N–H and O–H groups in total. The van der Waals surface area contributed by atoms with Crippen LogP contribution >= 0.6 is 15.9 Å². The third kappa shape index (κ3) is 3.46. The molecule has 0 amide bonds. The number of aliphatic hydroxyl groups excluding tert-OH is 2. The minimum Gasteiger partial charge on any atom is -0.396 e. The number of alkyl halides is 1. The fraction of sp³-hybridized carbons (Fsp3) is 1.00. The molecular weight excluding hydrogens is 230 g/mol. The van der Waals surface area contributed by atoms with Gasteiger partial charge in [0.05, 0.1) is 13.0 Å². The van der Waals surface area contributed by atoms with E-state index in [1.807, 2.05) is 0 Å². The zero-order valence-corrected chi connectivity index (χ0v) is 8.16. The molecule has 0 radical (unpaired) electrons. The van der Waals surface area contributed by atoms with Crippen molar-refractivity contribution in [3.8, 4) is 0 Å². The van der Waals surface area contributed by atoms with Gasteiger partial charge in [-0.15, -0.1) is 0 Å². The van der Waals surface area contributed by atoms with E-state index in [9.17, 15) is 10.1 Å². The summed E-state index contributed by atoms with van der Waals surface area (Å²) in [6, 6.07) is 0. The predicted molar refractivity (Wildman–Crippen MR) is 46.7 cm³/mol. The highest BCUT2D eigenvalue weighted by Crippen LogP contribution is 2.28. The van der Waals surface area contributed by atoms with Crippen molar-refractivity contribution in [3.63, 3.8) is 0 Å². The molecule has 1 unspecified atom stereocenters. The van der Waals surface area contributed by atoms with Crippen LogP contribution in [0.5, 0.6) is 0 Å². The molecule has 12 heavy (non-hydrogen) atoms. The molecule has 0 aromatic rings. The van der Waals surface area contributed by atoms with Gasteiger partial charge in [0, 0.05) is 33.9 Å². The summed E-state index contributed by atoms with van der Waals surface area (Å²) in [6.07, 6.45) is 0.628. The van der Waals surface area contributed by atoms with Gasteiger partial charge in [0.1, 0.15) is 0 Å². The first-order valence-corrected chi connectivity index (χ1v) is 4.41. The van der Waals surface area contributed by atoms with Crippen LogP contribution in [0, 0.1) is 10.1 Å². The van der Waals surface area contributed by atoms with Crippen LogP contribution in [0.15, 0.2) is 0 Å². The van der Waals surface area contributed by atoms with Crippen molar-refractivity contribution in [2.24, 2.45) is 0 Å². The van der Waals surface area contributed by atoms with Gasteiger partial charge in [-0.3, -0.25) is 10.1 Å². The molecule has 0 aliphatic rings. The van der Waals surface area contributed by atoms with Gasteiger partial charge in [0.2, 0.25) is 0 Å². The van der Waals surface area contributed by atoms with Crippen LogP contribution in [0.4, 0.5) is 0 Å². The van der Waals surface area contributed by atoms with Crippen LogP contribution in [0.2, 0.25) is 0 Å². The molecular formula is C6H12BrNO4. The smallest absolute Gasteiger partial charge is 0.276 e. The lowest BCUT2D eigenvalue weighted by atomic mass is 10.1. The Bertz CT molecular complexity index is 154. The van der Waals surface area contributed by atoms with Gasteiger partial charge in [0.25, 0.3) is 4.45 Å². The largest absolute Gasteiger partial charge is 0.396 e. The van der Waals surface area contributed by atoms with Crippen molar-refractivity contribution in [1.82, 2.24) is 0 Å². The third-order valence-electron chi connectivity index (χ3n) is 1.54. The van der Waals surface area contributed by atoms with Gasteiger partial charge in [-0.2, -0.15) is 0 Å². The van der Waals surface area contributed by atoms with Gasteiger partial charge in [-0.1, -0.05) is 0 Å². The minimum absolute atomic E-state index is 0.0556. The number of aliphatic hydroxyl groups is 2.